The number of nitrogens with zero attached hydrogens (tertiary/aromatic N) is 4. The van der Waals surface area contributed by atoms with Gasteiger partial charge in [-0.25, -0.2) is 4.98 Å². The van der Waals surface area contributed by atoms with Crippen LogP contribution in [0.25, 0.3) is 88.2 Å². The Bertz CT molecular complexity index is 3390. The van der Waals surface area contributed by atoms with E-state index < -0.39 is 0 Å². The minimum Gasteiger partial charge on any atom is -0.503 e. The standard InChI is InChI=1S/C52H36N4O.Pd/c1-31-13-11-14-32(2)48(31)41-27-26-40-37-24-22-35(57-36-23-25-39-38-17-5-7-19-44(38)55(46(39)30-36)47-21-9-10-28-53-47)29-42(37)52-54-43-18-6-8-20-45(43)56(52)51(40)50(41)49-33(3)15-12-16-34(49)4;/h5-28H,1-4H3;/q-2;+2. The van der Waals surface area contributed by atoms with E-state index in [4.69, 9.17) is 14.7 Å². The fraction of sp³-hybridized carbons (Fsp3) is 0.0769. The predicted octanol–water partition coefficient (Wildman–Crippen LogP) is 13.2. The van der Waals surface area contributed by atoms with E-state index in [1.54, 1.807) is 0 Å². The van der Waals surface area contributed by atoms with Crippen molar-refractivity contribution in [2.45, 2.75) is 27.7 Å². The summed E-state index contributed by atoms with van der Waals surface area (Å²) in [4.78, 5) is 10.0. The molecule has 0 aliphatic carbocycles. The van der Waals surface area contributed by atoms with Crippen molar-refractivity contribution >= 4 is 60.2 Å². The molecule has 0 N–H and O–H groups in total. The van der Waals surface area contributed by atoms with Crippen molar-refractivity contribution in [1.29, 1.82) is 0 Å². The van der Waals surface area contributed by atoms with Crippen LogP contribution in [0.5, 0.6) is 11.5 Å². The van der Waals surface area contributed by atoms with Crippen molar-refractivity contribution in [2.75, 3.05) is 0 Å². The van der Waals surface area contributed by atoms with Crippen LogP contribution < -0.4 is 4.74 Å². The predicted molar refractivity (Wildman–Crippen MR) is 234 cm³/mol. The Kier molecular flexibility index (Phi) is 8.53. The molecule has 0 atom stereocenters. The Labute approximate surface area is 349 Å². The van der Waals surface area contributed by atoms with Crippen LogP contribution in [0.2, 0.25) is 0 Å². The van der Waals surface area contributed by atoms with Crippen LogP contribution in [0.4, 0.5) is 0 Å². The van der Waals surface area contributed by atoms with E-state index in [2.05, 4.69) is 158 Å². The van der Waals surface area contributed by atoms with Crippen LogP contribution in [0.3, 0.4) is 0 Å². The van der Waals surface area contributed by atoms with Gasteiger partial charge in [0.2, 0.25) is 0 Å². The van der Waals surface area contributed by atoms with Crippen LogP contribution in [0, 0.1) is 39.8 Å². The van der Waals surface area contributed by atoms with E-state index in [0.717, 1.165) is 66.0 Å². The maximum atomic E-state index is 6.66. The molecule has 4 aromatic heterocycles. The van der Waals surface area contributed by atoms with Crippen LogP contribution in [-0.2, 0) is 20.4 Å². The monoisotopic (exact) mass is 838 g/mol. The molecule has 58 heavy (non-hydrogen) atoms. The Balaban J connectivity index is 0.00000408. The number of rotatable bonds is 5. The normalized spacial score (nSPS) is 11.7. The average Bonchev–Trinajstić information content (AvgIpc) is 3.78. The summed E-state index contributed by atoms with van der Waals surface area (Å²) in [6.45, 7) is 8.88. The number of aromatic nitrogens is 4. The second-order valence-corrected chi connectivity index (χ2v) is 15.0. The van der Waals surface area contributed by atoms with E-state index in [0.29, 0.717) is 11.5 Å². The molecule has 0 radical (unpaired) electrons. The number of para-hydroxylation sites is 3. The van der Waals surface area contributed by atoms with E-state index in [9.17, 15) is 0 Å². The molecule has 0 amide bonds. The molecule has 0 fully saturated rings. The first-order chi connectivity index (χ1) is 27.9. The van der Waals surface area contributed by atoms with Crippen LogP contribution in [-0.4, -0.2) is 18.9 Å². The number of aryl methyl sites for hydroxylation is 4. The number of ether oxygens (including phenoxy) is 1. The molecule has 0 spiro atoms. The van der Waals surface area contributed by atoms with E-state index >= 15 is 0 Å². The minimum atomic E-state index is 0. The molecule has 0 aliphatic rings. The maximum absolute atomic E-state index is 6.66. The van der Waals surface area contributed by atoms with Gasteiger partial charge in [0.1, 0.15) is 5.82 Å². The van der Waals surface area contributed by atoms with Gasteiger partial charge in [0.25, 0.3) is 0 Å². The maximum Gasteiger partial charge on any atom is 2.00 e. The molecular formula is C52H36N4OPd. The third-order valence-corrected chi connectivity index (χ3v) is 11.5. The van der Waals surface area contributed by atoms with Crippen molar-refractivity contribution < 1.29 is 25.2 Å². The summed E-state index contributed by atoms with van der Waals surface area (Å²) in [6.07, 6.45) is 1.82. The number of fused-ring (bicyclic) bond motifs is 11. The van der Waals surface area contributed by atoms with Crippen molar-refractivity contribution in [3.05, 3.63) is 180 Å². The molecule has 0 unspecified atom stereocenters. The number of hydrogen-bond donors (Lipinski definition) is 0. The summed E-state index contributed by atoms with van der Waals surface area (Å²) in [6, 6.07) is 56.1. The number of pyridine rings is 2. The third-order valence-electron chi connectivity index (χ3n) is 11.5. The van der Waals surface area contributed by atoms with Crippen molar-refractivity contribution in [2.24, 2.45) is 0 Å². The second-order valence-electron chi connectivity index (χ2n) is 15.0. The zero-order chi connectivity index (χ0) is 38.4. The van der Waals surface area contributed by atoms with Gasteiger partial charge in [-0.15, -0.1) is 29.7 Å². The fourth-order valence-electron chi connectivity index (χ4n) is 9.08. The smallest absolute Gasteiger partial charge is 0.503 e. The van der Waals surface area contributed by atoms with Gasteiger partial charge in [-0.05, 0) is 108 Å². The molecule has 0 aliphatic heterocycles. The number of hydrogen-bond acceptors (Lipinski definition) is 3. The molecular weight excluding hydrogens is 803 g/mol. The number of benzene rings is 7. The van der Waals surface area contributed by atoms with Gasteiger partial charge in [0.15, 0.2) is 0 Å². The first kappa shape index (κ1) is 35.8. The Hall–Kier alpha value is -6.58. The topological polar surface area (TPSA) is 44.3 Å². The van der Waals surface area contributed by atoms with Gasteiger partial charge in [0.05, 0.1) is 16.7 Å². The van der Waals surface area contributed by atoms with Crippen LogP contribution in [0.15, 0.2) is 146 Å². The molecule has 5 nitrogen and oxygen atoms in total. The third kappa shape index (κ3) is 5.41. The molecule has 11 aromatic rings. The first-order valence-electron chi connectivity index (χ1n) is 19.3. The Morgan fingerprint density at radius 2 is 1.16 bits per heavy atom. The fourth-order valence-corrected chi connectivity index (χ4v) is 9.08. The van der Waals surface area contributed by atoms with Gasteiger partial charge in [0, 0.05) is 34.3 Å². The van der Waals surface area contributed by atoms with Gasteiger partial charge in [-0.2, -0.15) is 6.07 Å². The molecule has 280 valence electrons. The van der Waals surface area contributed by atoms with E-state index in [1.165, 1.54) is 44.5 Å². The van der Waals surface area contributed by atoms with Gasteiger partial charge >= 0.3 is 20.4 Å². The molecule has 6 heteroatoms. The molecule has 0 saturated carbocycles. The largest absolute Gasteiger partial charge is 2.00 e. The summed E-state index contributed by atoms with van der Waals surface area (Å²) >= 11 is 0. The molecule has 4 heterocycles. The summed E-state index contributed by atoms with van der Waals surface area (Å²) in [5, 5.41) is 5.31. The zero-order valence-corrected chi connectivity index (χ0v) is 33.9. The average molecular weight is 839 g/mol. The Morgan fingerprint density at radius 1 is 0.517 bits per heavy atom. The molecule has 7 aromatic carbocycles. The number of imidazole rings is 1. The van der Waals surface area contributed by atoms with Crippen LogP contribution in [0.1, 0.15) is 22.3 Å². The van der Waals surface area contributed by atoms with Crippen LogP contribution >= 0.6 is 0 Å². The zero-order valence-electron chi connectivity index (χ0n) is 32.4. The van der Waals surface area contributed by atoms with E-state index in [1.807, 2.05) is 36.5 Å². The molecule has 11 rings (SSSR count). The summed E-state index contributed by atoms with van der Waals surface area (Å²) in [7, 11) is 0. The SMILES string of the molecule is Cc1cccc(C)c1-c1ccc2c3ccc(Oc4[c-]c5c(cc4)c4ccccc4n5-c4ccccn4)[c-]c3c3nc4ccccc4n3c2c1-c1c(C)cccc1C.[Pd+2]. The minimum absolute atomic E-state index is 0. The summed E-state index contributed by atoms with van der Waals surface area (Å²) < 4.78 is 11.2. The molecule has 0 saturated heterocycles. The second kappa shape index (κ2) is 13.8. The quantitative estimate of drug-likeness (QED) is 0.0985. The molecule has 0 bridgehead atoms. The van der Waals surface area contributed by atoms with E-state index in [-0.39, 0.29) is 20.4 Å². The Morgan fingerprint density at radius 3 is 1.90 bits per heavy atom. The van der Waals surface area contributed by atoms with Gasteiger partial charge in [-0.1, -0.05) is 107 Å². The van der Waals surface area contributed by atoms with Gasteiger partial charge in [-0.3, -0.25) is 4.98 Å². The van der Waals surface area contributed by atoms with Crippen molar-refractivity contribution in [3.63, 3.8) is 0 Å². The first-order valence-corrected chi connectivity index (χ1v) is 19.3. The summed E-state index contributed by atoms with van der Waals surface area (Å²) in [5.74, 6) is 2.02. The van der Waals surface area contributed by atoms with Crippen molar-refractivity contribution in [1.82, 2.24) is 18.9 Å². The van der Waals surface area contributed by atoms with Gasteiger partial charge < -0.3 is 13.7 Å². The van der Waals surface area contributed by atoms with Crippen molar-refractivity contribution in [3.8, 4) is 39.6 Å². The summed E-state index contributed by atoms with van der Waals surface area (Å²) in [5.41, 5.74) is 15.8.